The highest BCUT2D eigenvalue weighted by molar-refractivity contribution is 6.30. The Labute approximate surface area is 125 Å². The topological polar surface area (TPSA) is 68.0 Å². The first-order valence-electron chi connectivity index (χ1n) is 6.40. The molecule has 0 saturated carbocycles. The number of aliphatic carboxylic acids is 1. The third-order valence-corrected chi connectivity index (χ3v) is 3.29. The van der Waals surface area contributed by atoms with Crippen molar-refractivity contribution in [2.24, 2.45) is 0 Å². The number of benzene rings is 2. The second-order valence-corrected chi connectivity index (χ2v) is 5.19. The van der Waals surface area contributed by atoms with Gasteiger partial charge in [-0.05, 0) is 35.4 Å². The van der Waals surface area contributed by atoms with Crippen molar-refractivity contribution in [3.63, 3.8) is 0 Å². The highest BCUT2D eigenvalue weighted by Crippen LogP contribution is 2.15. The van der Waals surface area contributed by atoms with Gasteiger partial charge in [0.1, 0.15) is 11.0 Å². The van der Waals surface area contributed by atoms with E-state index < -0.39 is 5.97 Å². The predicted octanol–water partition coefficient (Wildman–Crippen LogP) is 2.76. The molecule has 0 radical (unpaired) electrons. The standard InChI is InChI=1S/C15H12ClN3O2/c16-12-3-1-2-11(6-12)9-19-17-13-5-4-10(8-15(20)21)7-14(13)18-19/h1-7H,8-9H2,(H,20,21). The Morgan fingerprint density at radius 3 is 2.67 bits per heavy atom. The van der Waals surface area contributed by atoms with E-state index in [1.54, 1.807) is 23.0 Å². The van der Waals surface area contributed by atoms with E-state index in [0.29, 0.717) is 22.6 Å². The van der Waals surface area contributed by atoms with E-state index in [0.717, 1.165) is 11.1 Å². The molecule has 1 N–H and O–H groups in total. The first kappa shape index (κ1) is 13.6. The summed E-state index contributed by atoms with van der Waals surface area (Å²) in [5.41, 5.74) is 3.15. The maximum atomic E-state index is 10.7. The fourth-order valence-electron chi connectivity index (χ4n) is 2.16. The van der Waals surface area contributed by atoms with E-state index in [4.69, 9.17) is 16.7 Å². The van der Waals surface area contributed by atoms with Crippen molar-refractivity contribution in [1.82, 2.24) is 15.0 Å². The van der Waals surface area contributed by atoms with E-state index in [-0.39, 0.29) is 6.42 Å². The number of aromatic nitrogens is 3. The van der Waals surface area contributed by atoms with Crippen LogP contribution in [-0.2, 0) is 17.8 Å². The summed E-state index contributed by atoms with van der Waals surface area (Å²) in [4.78, 5) is 12.3. The van der Waals surface area contributed by atoms with Gasteiger partial charge in [0, 0.05) is 5.02 Å². The van der Waals surface area contributed by atoms with E-state index in [1.165, 1.54) is 0 Å². The summed E-state index contributed by atoms with van der Waals surface area (Å²) in [5, 5.41) is 18.2. The van der Waals surface area contributed by atoms with Gasteiger partial charge in [-0.25, -0.2) is 0 Å². The number of fused-ring (bicyclic) bond motifs is 1. The first-order valence-corrected chi connectivity index (χ1v) is 6.78. The van der Waals surface area contributed by atoms with Crippen LogP contribution in [-0.4, -0.2) is 26.1 Å². The van der Waals surface area contributed by atoms with Crippen LogP contribution >= 0.6 is 11.6 Å². The third-order valence-electron chi connectivity index (χ3n) is 3.05. The number of carboxylic acids is 1. The fourth-order valence-corrected chi connectivity index (χ4v) is 2.37. The molecule has 106 valence electrons. The average Bonchev–Trinajstić information content (AvgIpc) is 2.79. The highest BCUT2D eigenvalue weighted by Gasteiger charge is 2.07. The summed E-state index contributed by atoms with van der Waals surface area (Å²) in [6, 6.07) is 12.8. The Kier molecular flexibility index (Phi) is 3.58. The lowest BCUT2D eigenvalue weighted by molar-refractivity contribution is -0.136. The lowest BCUT2D eigenvalue weighted by atomic mass is 10.1. The molecule has 0 spiro atoms. The molecule has 21 heavy (non-hydrogen) atoms. The summed E-state index contributed by atoms with van der Waals surface area (Å²) in [7, 11) is 0. The molecule has 5 nitrogen and oxygen atoms in total. The second-order valence-electron chi connectivity index (χ2n) is 4.75. The number of carbonyl (C=O) groups is 1. The minimum atomic E-state index is -0.860. The van der Waals surface area contributed by atoms with Crippen LogP contribution < -0.4 is 0 Å². The van der Waals surface area contributed by atoms with Crippen LogP contribution in [0.5, 0.6) is 0 Å². The smallest absolute Gasteiger partial charge is 0.307 e. The minimum absolute atomic E-state index is 0.0168. The van der Waals surface area contributed by atoms with Crippen molar-refractivity contribution < 1.29 is 9.90 Å². The summed E-state index contributed by atoms with van der Waals surface area (Å²) in [6.45, 7) is 0.517. The Hall–Kier alpha value is -2.40. The van der Waals surface area contributed by atoms with Crippen LogP contribution in [0, 0.1) is 0 Å². The molecule has 1 heterocycles. The zero-order valence-corrected chi connectivity index (χ0v) is 11.8. The Balaban J connectivity index is 1.88. The van der Waals surface area contributed by atoms with Gasteiger partial charge in [-0.2, -0.15) is 15.0 Å². The molecule has 0 atom stereocenters. The molecule has 3 rings (SSSR count). The molecule has 2 aromatic carbocycles. The van der Waals surface area contributed by atoms with Crippen molar-refractivity contribution in [2.75, 3.05) is 0 Å². The second kappa shape index (κ2) is 5.54. The first-order chi connectivity index (χ1) is 10.1. The van der Waals surface area contributed by atoms with Crippen LogP contribution in [0.2, 0.25) is 5.02 Å². The van der Waals surface area contributed by atoms with Gasteiger partial charge in [-0.1, -0.05) is 29.8 Å². The van der Waals surface area contributed by atoms with Gasteiger partial charge in [0.25, 0.3) is 0 Å². The maximum absolute atomic E-state index is 10.7. The number of rotatable bonds is 4. The van der Waals surface area contributed by atoms with Crippen LogP contribution in [0.1, 0.15) is 11.1 Å². The molecule has 3 aromatic rings. The zero-order chi connectivity index (χ0) is 14.8. The number of nitrogens with zero attached hydrogens (tertiary/aromatic N) is 3. The number of carboxylic acid groups (broad SMARTS) is 1. The van der Waals surface area contributed by atoms with E-state index in [9.17, 15) is 4.79 Å². The van der Waals surface area contributed by atoms with Gasteiger partial charge in [0.15, 0.2) is 0 Å². The van der Waals surface area contributed by atoms with E-state index in [2.05, 4.69) is 10.2 Å². The van der Waals surface area contributed by atoms with Gasteiger partial charge in [0.05, 0.1) is 13.0 Å². The van der Waals surface area contributed by atoms with Crippen LogP contribution in [0.15, 0.2) is 42.5 Å². The average molecular weight is 302 g/mol. The monoisotopic (exact) mass is 301 g/mol. The normalized spacial score (nSPS) is 10.9. The quantitative estimate of drug-likeness (QED) is 0.804. The van der Waals surface area contributed by atoms with Gasteiger partial charge >= 0.3 is 5.97 Å². The van der Waals surface area contributed by atoms with Gasteiger partial charge in [-0.15, -0.1) is 0 Å². The van der Waals surface area contributed by atoms with Crippen LogP contribution in [0.3, 0.4) is 0 Å². The molecule has 6 heteroatoms. The fraction of sp³-hybridized carbons (Fsp3) is 0.133. The van der Waals surface area contributed by atoms with Gasteiger partial charge < -0.3 is 5.11 Å². The Bertz CT molecular complexity index is 814. The molecule has 0 aliphatic rings. The molecule has 0 fully saturated rings. The maximum Gasteiger partial charge on any atom is 0.307 e. The van der Waals surface area contributed by atoms with E-state index in [1.807, 2.05) is 24.3 Å². The van der Waals surface area contributed by atoms with Crippen molar-refractivity contribution >= 4 is 28.6 Å². The molecular formula is C15H12ClN3O2. The molecule has 0 aliphatic heterocycles. The molecule has 0 unspecified atom stereocenters. The third kappa shape index (κ3) is 3.20. The number of halogens is 1. The summed E-state index contributed by atoms with van der Waals surface area (Å²) in [6.07, 6.45) is -0.0168. The van der Waals surface area contributed by atoms with Crippen LogP contribution in [0.4, 0.5) is 0 Å². The highest BCUT2D eigenvalue weighted by atomic mass is 35.5. The zero-order valence-electron chi connectivity index (χ0n) is 11.0. The molecule has 0 amide bonds. The molecule has 0 aliphatic carbocycles. The Morgan fingerprint density at radius 1 is 1.10 bits per heavy atom. The van der Waals surface area contributed by atoms with Crippen molar-refractivity contribution in [2.45, 2.75) is 13.0 Å². The SMILES string of the molecule is O=C(O)Cc1ccc2nn(Cc3cccc(Cl)c3)nc2c1. The predicted molar refractivity (Wildman–Crippen MR) is 79.4 cm³/mol. The lowest BCUT2D eigenvalue weighted by Gasteiger charge is -2.00. The lowest BCUT2D eigenvalue weighted by Crippen LogP contribution is -2.03. The van der Waals surface area contributed by atoms with Crippen molar-refractivity contribution in [1.29, 1.82) is 0 Å². The molecule has 0 bridgehead atoms. The van der Waals surface area contributed by atoms with Gasteiger partial charge in [0.2, 0.25) is 0 Å². The summed E-state index contributed by atoms with van der Waals surface area (Å²) < 4.78 is 0. The van der Waals surface area contributed by atoms with Gasteiger partial charge in [-0.3, -0.25) is 4.79 Å². The number of hydrogen-bond acceptors (Lipinski definition) is 3. The molecule has 1 aromatic heterocycles. The number of hydrogen-bond donors (Lipinski definition) is 1. The van der Waals surface area contributed by atoms with E-state index >= 15 is 0 Å². The largest absolute Gasteiger partial charge is 0.481 e. The van der Waals surface area contributed by atoms with Crippen molar-refractivity contribution in [3.8, 4) is 0 Å². The summed E-state index contributed by atoms with van der Waals surface area (Å²) in [5.74, 6) is -0.860. The van der Waals surface area contributed by atoms with Crippen molar-refractivity contribution in [3.05, 3.63) is 58.6 Å². The summed E-state index contributed by atoms with van der Waals surface area (Å²) >= 11 is 5.95. The Morgan fingerprint density at radius 2 is 1.90 bits per heavy atom. The molecule has 0 saturated heterocycles. The van der Waals surface area contributed by atoms with Crippen LogP contribution in [0.25, 0.3) is 11.0 Å². The minimum Gasteiger partial charge on any atom is -0.481 e. The molecular weight excluding hydrogens is 290 g/mol.